The quantitative estimate of drug-likeness (QED) is 0.530. The Labute approximate surface area is 161 Å². The van der Waals surface area contributed by atoms with Gasteiger partial charge in [0.15, 0.2) is 5.75 Å². The molecule has 0 aliphatic rings. The first-order valence-electron chi connectivity index (χ1n) is 7.20. The van der Waals surface area contributed by atoms with E-state index < -0.39 is 55.7 Å². The van der Waals surface area contributed by atoms with Crippen molar-refractivity contribution in [3.8, 4) is 17.2 Å². The summed E-state index contributed by atoms with van der Waals surface area (Å²) in [6.07, 6.45) is -5.14. The number of phenols is 2. The topological polar surface area (TPSA) is 125 Å². The van der Waals surface area contributed by atoms with Gasteiger partial charge in [0, 0.05) is 18.1 Å². The molecule has 28 heavy (non-hydrogen) atoms. The van der Waals surface area contributed by atoms with Gasteiger partial charge in [-0.25, -0.2) is 8.42 Å². The highest BCUT2D eigenvalue weighted by atomic mass is 35.5. The Morgan fingerprint density at radius 3 is 2.39 bits per heavy atom. The molecule has 0 unspecified atom stereocenters. The van der Waals surface area contributed by atoms with E-state index in [0.717, 1.165) is 19.2 Å². The molecule has 0 bridgehead atoms. The number of ether oxygens (including phenoxy) is 1. The number of anilines is 1. The van der Waals surface area contributed by atoms with Crippen LogP contribution >= 0.6 is 11.6 Å². The van der Waals surface area contributed by atoms with Crippen molar-refractivity contribution in [1.29, 1.82) is 0 Å². The summed E-state index contributed by atoms with van der Waals surface area (Å²) in [6, 6.07) is 4.17. The number of carbonyl (C=O) groups excluding carboxylic acids is 1. The van der Waals surface area contributed by atoms with Gasteiger partial charge in [-0.3, -0.25) is 9.52 Å². The van der Waals surface area contributed by atoms with Crippen molar-refractivity contribution in [3.05, 3.63) is 40.9 Å². The number of sulfonamides is 1. The lowest BCUT2D eigenvalue weighted by molar-refractivity contribution is -0.274. The minimum absolute atomic E-state index is 0.0531. The maximum Gasteiger partial charge on any atom is 0.573 e. The third-order valence-corrected chi connectivity index (χ3v) is 4.87. The summed E-state index contributed by atoms with van der Waals surface area (Å²) in [5.41, 5.74) is -1.48. The van der Waals surface area contributed by atoms with Gasteiger partial charge in [0.1, 0.15) is 16.4 Å². The van der Waals surface area contributed by atoms with Gasteiger partial charge in [-0.1, -0.05) is 11.6 Å². The molecule has 0 fully saturated rings. The van der Waals surface area contributed by atoms with E-state index in [0.29, 0.717) is 12.1 Å². The van der Waals surface area contributed by atoms with Crippen LogP contribution in [-0.4, -0.2) is 37.9 Å². The van der Waals surface area contributed by atoms with E-state index in [1.165, 1.54) is 6.07 Å². The molecule has 152 valence electrons. The van der Waals surface area contributed by atoms with Gasteiger partial charge in [0.25, 0.3) is 15.9 Å². The van der Waals surface area contributed by atoms with E-state index in [1.54, 1.807) is 4.72 Å². The summed E-state index contributed by atoms with van der Waals surface area (Å²) in [6.45, 7) is 0. The number of benzene rings is 2. The molecule has 0 radical (unpaired) electrons. The summed E-state index contributed by atoms with van der Waals surface area (Å²) in [5.74, 6) is -3.63. The predicted octanol–water partition coefficient (Wildman–Crippen LogP) is 2.81. The van der Waals surface area contributed by atoms with Crippen LogP contribution in [-0.2, 0) is 10.0 Å². The second-order valence-corrected chi connectivity index (χ2v) is 7.30. The van der Waals surface area contributed by atoms with Crippen molar-refractivity contribution in [2.75, 3.05) is 11.8 Å². The van der Waals surface area contributed by atoms with Crippen molar-refractivity contribution >= 4 is 33.2 Å². The Balaban J connectivity index is 2.58. The van der Waals surface area contributed by atoms with E-state index in [-0.39, 0.29) is 5.02 Å². The largest absolute Gasteiger partial charge is 0.573 e. The zero-order chi connectivity index (χ0) is 21.3. The smallest absolute Gasteiger partial charge is 0.507 e. The fourth-order valence-corrected chi connectivity index (χ4v) is 3.51. The van der Waals surface area contributed by atoms with Crippen LogP contribution in [0.15, 0.2) is 35.2 Å². The number of aromatic hydroxyl groups is 2. The molecule has 13 heteroatoms. The lowest BCUT2D eigenvalue weighted by Gasteiger charge is -2.16. The van der Waals surface area contributed by atoms with E-state index in [1.807, 2.05) is 0 Å². The van der Waals surface area contributed by atoms with E-state index >= 15 is 0 Å². The number of nitrogens with one attached hydrogen (secondary N) is 2. The van der Waals surface area contributed by atoms with Crippen LogP contribution in [0, 0.1) is 0 Å². The highest BCUT2D eigenvalue weighted by Crippen LogP contribution is 2.37. The molecule has 2 aromatic rings. The van der Waals surface area contributed by atoms with Gasteiger partial charge in [0.05, 0.1) is 11.3 Å². The lowest BCUT2D eigenvalue weighted by Crippen LogP contribution is -2.21. The molecule has 0 spiro atoms. The molecule has 0 aliphatic heterocycles. The number of halogens is 4. The van der Waals surface area contributed by atoms with E-state index in [2.05, 4.69) is 10.1 Å². The van der Waals surface area contributed by atoms with E-state index in [4.69, 9.17) is 11.6 Å². The van der Waals surface area contributed by atoms with Crippen LogP contribution in [0.25, 0.3) is 0 Å². The lowest BCUT2D eigenvalue weighted by atomic mass is 10.1. The van der Waals surface area contributed by atoms with Crippen LogP contribution in [0.4, 0.5) is 18.9 Å². The second-order valence-electron chi connectivity index (χ2n) is 5.21. The average molecular weight is 441 g/mol. The molecule has 0 saturated carbocycles. The summed E-state index contributed by atoms with van der Waals surface area (Å²) in [5, 5.41) is 21.9. The van der Waals surface area contributed by atoms with Gasteiger partial charge < -0.3 is 20.3 Å². The molecule has 0 saturated heterocycles. The maximum atomic E-state index is 12.5. The third kappa shape index (κ3) is 4.89. The minimum Gasteiger partial charge on any atom is -0.507 e. The first-order valence-corrected chi connectivity index (χ1v) is 9.06. The summed E-state index contributed by atoms with van der Waals surface area (Å²) in [7, 11) is -3.47. The molecule has 0 aromatic heterocycles. The molecule has 0 heterocycles. The number of rotatable bonds is 5. The number of hydrogen-bond acceptors (Lipinski definition) is 6. The van der Waals surface area contributed by atoms with Gasteiger partial charge in [-0.2, -0.15) is 0 Å². The molecule has 8 nitrogen and oxygen atoms in total. The number of hydrogen-bond donors (Lipinski definition) is 4. The number of amides is 1. The Kier molecular flexibility index (Phi) is 5.85. The molecule has 0 aliphatic carbocycles. The molecule has 4 N–H and O–H groups in total. The maximum absolute atomic E-state index is 12.5. The van der Waals surface area contributed by atoms with Crippen molar-refractivity contribution in [2.45, 2.75) is 11.3 Å². The highest BCUT2D eigenvalue weighted by Gasteiger charge is 2.33. The normalized spacial score (nSPS) is 11.8. The molecule has 2 rings (SSSR count). The molecule has 2 aromatic carbocycles. The molecule has 1 amide bonds. The summed E-state index contributed by atoms with van der Waals surface area (Å²) >= 11 is 5.69. The zero-order valence-electron chi connectivity index (χ0n) is 13.8. The Hall–Kier alpha value is -2.86. The highest BCUT2D eigenvalue weighted by molar-refractivity contribution is 7.92. The number of carbonyl (C=O) groups is 1. The summed E-state index contributed by atoms with van der Waals surface area (Å²) in [4.78, 5) is 11.1. The standard InChI is InChI=1S/C15H12ClF3N2O6S/c1-20-14(24)9-5-8(27-15(17,18)19)6-10(13(9)23)21-28(25,26)12-4-7(16)2-3-11(12)22/h2-6,21-23H,1H3,(H,20,24). The fraction of sp³-hybridized carbons (Fsp3) is 0.133. The van der Waals surface area contributed by atoms with Crippen molar-refractivity contribution < 1.29 is 41.3 Å². The molecular formula is C15H12ClF3N2O6S. The fourth-order valence-electron chi connectivity index (χ4n) is 2.09. The van der Waals surface area contributed by atoms with Crippen LogP contribution < -0.4 is 14.8 Å². The van der Waals surface area contributed by atoms with Crippen LogP contribution in [0.3, 0.4) is 0 Å². The monoisotopic (exact) mass is 440 g/mol. The van der Waals surface area contributed by atoms with Gasteiger partial charge in [-0.05, 0) is 24.3 Å². The van der Waals surface area contributed by atoms with Crippen molar-refractivity contribution in [3.63, 3.8) is 0 Å². The van der Waals surface area contributed by atoms with Crippen molar-refractivity contribution in [1.82, 2.24) is 5.32 Å². The number of alkyl halides is 3. The van der Waals surface area contributed by atoms with Crippen molar-refractivity contribution in [2.24, 2.45) is 0 Å². The van der Waals surface area contributed by atoms with Gasteiger partial charge >= 0.3 is 6.36 Å². The van der Waals surface area contributed by atoms with Crippen LogP contribution in [0.2, 0.25) is 5.02 Å². The van der Waals surface area contributed by atoms with Crippen LogP contribution in [0.5, 0.6) is 17.2 Å². The predicted molar refractivity (Wildman–Crippen MR) is 92.1 cm³/mol. The average Bonchev–Trinajstić information content (AvgIpc) is 2.57. The number of phenolic OH excluding ortho intramolecular Hbond substituents is 2. The van der Waals surface area contributed by atoms with Gasteiger partial charge in [-0.15, -0.1) is 13.2 Å². The minimum atomic E-state index is -5.14. The van der Waals surface area contributed by atoms with Crippen LogP contribution in [0.1, 0.15) is 10.4 Å². The molecule has 0 atom stereocenters. The SMILES string of the molecule is CNC(=O)c1cc(OC(F)(F)F)cc(NS(=O)(=O)c2cc(Cl)ccc2O)c1O. The Morgan fingerprint density at radius 2 is 1.82 bits per heavy atom. The zero-order valence-corrected chi connectivity index (χ0v) is 15.4. The third-order valence-electron chi connectivity index (χ3n) is 3.24. The van der Waals surface area contributed by atoms with E-state index in [9.17, 15) is 36.6 Å². The summed E-state index contributed by atoms with van der Waals surface area (Å²) < 4.78 is 68.0. The first-order chi connectivity index (χ1) is 12.8. The Morgan fingerprint density at radius 1 is 1.18 bits per heavy atom. The first kappa shape index (κ1) is 21.4. The second kappa shape index (κ2) is 7.64. The molecular weight excluding hydrogens is 429 g/mol. The van der Waals surface area contributed by atoms with Gasteiger partial charge in [0.2, 0.25) is 0 Å². The Bertz CT molecular complexity index is 1030.